The van der Waals surface area contributed by atoms with Gasteiger partial charge < -0.3 is 14.6 Å². The maximum atomic E-state index is 12.7. The van der Waals surface area contributed by atoms with Crippen molar-refractivity contribution in [2.45, 2.75) is 6.92 Å². The van der Waals surface area contributed by atoms with Gasteiger partial charge in [0.15, 0.2) is 15.8 Å². The van der Waals surface area contributed by atoms with Crippen LogP contribution in [0.15, 0.2) is 47.4 Å². The van der Waals surface area contributed by atoms with Gasteiger partial charge >= 0.3 is 0 Å². The van der Waals surface area contributed by atoms with Crippen molar-refractivity contribution in [1.29, 1.82) is 0 Å². The van der Waals surface area contributed by atoms with E-state index in [9.17, 15) is 14.7 Å². The molecular weight excluding hydrogens is 412 g/mol. The Morgan fingerprint density at radius 3 is 2.76 bits per heavy atom. The number of rotatable bonds is 6. The Morgan fingerprint density at radius 1 is 1.28 bits per heavy atom. The topological polar surface area (TPSA) is 88.1 Å². The Hall–Kier alpha value is -3.04. The first-order chi connectivity index (χ1) is 13.9. The average Bonchev–Trinajstić information content (AvgIpc) is 2.98. The molecule has 29 heavy (non-hydrogen) atoms. The Labute approximate surface area is 177 Å². The number of hydrogen-bond acceptors (Lipinski definition) is 7. The number of hydrogen-bond donors (Lipinski definition) is 2. The van der Waals surface area contributed by atoms with Crippen molar-refractivity contribution in [3.05, 3.63) is 58.5 Å². The summed E-state index contributed by atoms with van der Waals surface area (Å²) in [4.78, 5) is 25.7. The summed E-state index contributed by atoms with van der Waals surface area (Å²) in [5.41, 5.74) is 3.46. The number of hydrazine groups is 1. The molecule has 1 aliphatic rings. The predicted molar refractivity (Wildman–Crippen MR) is 115 cm³/mol. The number of phenols is 1. The summed E-state index contributed by atoms with van der Waals surface area (Å²) in [7, 11) is 1.46. The third-order valence-electron chi connectivity index (χ3n) is 3.94. The van der Waals surface area contributed by atoms with Gasteiger partial charge in [-0.05, 0) is 55.0 Å². The summed E-state index contributed by atoms with van der Waals surface area (Å²) in [5.74, 6) is -0.238. The number of carbonyl (C=O) groups is 2. The second kappa shape index (κ2) is 8.97. The number of methoxy groups -OCH3 is 1. The lowest BCUT2D eigenvalue weighted by molar-refractivity contribution is -0.123. The number of amides is 2. The summed E-state index contributed by atoms with van der Waals surface area (Å²) < 4.78 is 10.7. The normalized spacial score (nSPS) is 15.0. The monoisotopic (exact) mass is 430 g/mol. The standard InChI is InChI=1S/C20H18N2O5S2/c1-3-27-16-10-12(8-9-14(16)23)11-17-19(25)22(20(28)29-17)21-18(24)13-6-4-5-7-15(13)26-2/h4-11,23H,3H2,1-2H3,(H,21,24). The Balaban J connectivity index is 1.80. The SMILES string of the molecule is CCOc1cc(C=C2SC(=S)N(NC(=O)c3ccccc3OC)C2=O)ccc1O. The van der Waals surface area contributed by atoms with Crippen molar-refractivity contribution in [2.75, 3.05) is 13.7 Å². The van der Waals surface area contributed by atoms with E-state index in [2.05, 4.69) is 5.43 Å². The highest BCUT2D eigenvalue weighted by molar-refractivity contribution is 8.26. The van der Waals surface area contributed by atoms with Crippen LogP contribution >= 0.6 is 24.0 Å². The zero-order chi connectivity index (χ0) is 21.0. The van der Waals surface area contributed by atoms with Gasteiger partial charge in [-0.15, -0.1) is 0 Å². The number of aromatic hydroxyl groups is 1. The van der Waals surface area contributed by atoms with Gasteiger partial charge in [0, 0.05) is 0 Å². The first-order valence-corrected chi connectivity index (χ1v) is 9.84. The van der Waals surface area contributed by atoms with Crippen molar-refractivity contribution < 1.29 is 24.2 Å². The molecular formula is C20H18N2O5S2. The van der Waals surface area contributed by atoms with Crippen LogP contribution in [0.5, 0.6) is 17.2 Å². The van der Waals surface area contributed by atoms with E-state index in [-0.39, 0.29) is 15.6 Å². The van der Waals surface area contributed by atoms with E-state index in [4.69, 9.17) is 21.7 Å². The predicted octanol–water partition coefficient (Wildman–Crippen LogP) is 3.35. The fourth-order valence-electron chi connectivity index (χ4n) is 2.60. The van der Waals surface area contributed by atoms with Gasteiger partial charge in [0.1, 0.15) is 5.75 Å². The van der Waals surface area contributed by atoms with Crippen LogP contribution in [-0.2, 0) is 4.79 Å². The highest BCUT2D eigenvalue weighted by Crippen LogP contribution is 2.34. The maximum absolute atomic E-state index is 12.7. The van der Waals surface area contributed by atoms with Crippen LogP contribution in [-0.4, -0.2) is 40.0 Å². The number of ether oxygens (including phenoxy) is 2. The summed E-state index contributed by atoms with van der Waals surface area (Å²) >= 11 is 6.31. The lowest BCUT2D eigenvalue weighted by Crippen LogP contribution is -2.44. The molecule has 2 aromatic carbocycles. The average molecular weight is 431 g/mol. The van der Waals surface area contributed by atoms with Gasteiger partial charge in [-0.3, -0.25) is 15.0 Å². The number of carbonyl (C=O) groups excluding carboxylic acids is 2. The molecule has 0 saturated carbocycles. The van der Waals surface area contributed by atoms with Gasteiger partial charge in [0.2, 0.25) is 0 Å². The second-order valence-corrected chi connectivity index (χ2v) is 7.49. The van der Waals surface area contributed by atoms with Crippen LogP contribution in [0.2, 0.25) is 0 Å². The van der Waals surface area contributed by atoms with Crippen molar-refractivity contribution in [2.24, 2.45) is 0 Å². The molecule has 9 heteroatoms. The van der Waals surface area contributed by atoms with Crippen LogP contribution < -0.4 is 14.9 Å². The van der Waals surface area contributed by atoms with E-state index in [0.29, 0.717) is 28.6 Å². The lowest BCUT2D eigenvalue weighted by Gasteiger charge is -2.16. The number of thioether (sulfide) groups is 1. The molecule has 2 aromatic rings. The molecule has 1 saturated heterocycles. The third kappa shape index (κ3) is 4.52. The molecule has 0 unspecified atom stereocenters. The van der Waals surface area contributed by atoms with Gasteiger partial charge in [-0.25, -0.2) is 0 Å². The maximum Gasteiger partial charge on any atom is 0.285 e. The molecule has 0 aromatic heterocycles. The van der Waals surface area contributed by atoms with Crippen molar-refractivity contribution in [1.82, 2.24) is 10.4 Å². The van der Waals surface area contributed by atoms with Crippen molar-refractivity contribution in [3.63, 3.8) is 0 Å². The molecule has 1 aliphatic heterocycles. The molecule has 1 fully saturated rings. The zero-order valence-corrected chi connectivity index (χ0v) is 17.3. The van der Waals surface area contributed by atoms with E-state index in [1.807, 2.05) is 6.92 Å². The van der Waals surface area contributed by atoms with Gasteiger partial charge in [0.25, 0.3) is 11.8 Å². The minimum Gasteiger partial charge on any atom is -0.504 e. The van der Waals surface area contributed by atoms with Crippen LogP contribution in [0.4, 0.5) is 0 Å². The van der Waals surface area contributed by atoms with Gasteiger partial charge in [-0.1, -0.05) is 30.0 Å². The largest absolute Gasteiger partial charge is 0.504 e. The fourth-order valence-corrected chi connectivity index (χ4v) is 3.78. The number of nitrogens with zero attached hydrogens (tertiary/aromatic N) is 1. The molecule has 0 atom stereocenters. The molecule has 1 heterocycles. The Bertz CT molecular complexity index is 1010. The third-order valence-corrected chi connectivity index (χ3v) is 5.24. The molecule has 3 rings (SSSR count). The first kappa shape index (κ1) is 20.7. The summed E-state index contributed by atoms with van der Waals surface area (Å²) in [6.45, 7) is 2.20. The van der Waals surface area contributed by atoms with Gasteiger partial charge in [-0.2, -0.15) is 5.01 Å². The fraction of sp³-hybridized carbons (Fsp3) is 0.150. The Morgan fingerprint density at radius 2 is 2.03 bits per heavy atom. The van der Waals surface area contributed by atoms with E-state index in [0.717, 1.165) is 16.8 Å². The number of thiocarbonyl (C=S) groups is 1. The highest BCUT2D eigenvalue weighted by Gasteiger charge is 2.34. The molecule has 2 amide bonds. The quantitative estimate of drug-likeness (QED) is 0.537. The van der Waals surface area contributed by atoms with Gasteiger partial charge in [0.05, 0.1) is 24.2 Å². The van der Waals surface area contributed by atoms with E-state index >= 15 is 0 Å². The van der Waals surface area contributed by atoms with Crippen LogP contribution in [0, 0.1) is 0 Å². The summed E-state index contributed by atoms with van der Waals surface area (Å²) in [6.07, 6.45) is 1.62. The number of nitrogens with one attached hydrogen (secondary N) is 1. The molecule has 0 bridgehead atoms. The molecule has 2 N–H and O–H groups in total. The molecule has 0 radical (unpaired) electrons. The summed E-state index contributed by atoms with van der Waals surface area (Å²) in [5, 5.41) is 10.8. The minimum absolute atomic E-state index is 0.0145. The smallest absolute Gasteiger partial charge is 0.285 e. The molecule has 0 spiro atoms. The first-order valence-electron chi connectivity index (χ1n) is 8.62. The molecule has 7 nitrogen and oxygen atoms in total. The number of benzene rings is 2. The van der Waals surface area contributed by atoms with Crippen LogP contribution in [0.1, 0.15) is 22.8 Å². The molecule has 0 aliphatic carbocycles. The van der Waals surface area contributed by atoms with Crippen molar-refractivity contribution >= 4 is 46.2 Å². The van der Waals surface area contributed by atoms with Crippen LogP contribution in [0.25, 0.3) is 6.08 Å². The molecule has 150 valence electrons. The minimum atomic E-state index is -0.511. The van der Waals surface area contributed by atoms with E-state index in [1.165, 1.54) is 13.2 Å². The van der Waals surface area contributed by atoms with Crippen molar-refractivity contribution in [3.8, 4) is 17.2 Å². The highest BCUT2D eigenvalue weighted by atomic mass is 32.2. The number of phenolic OH excluding ortho intramolecular Hbond substituents is 1. The lowest BCUT2D eigenvalue weighted by atomic mass is 10.2. The van der Waals surface area contributed by atoms with Crippen LogP contribution in [0.3, 0.4) is 0 Å². The van der Waals surface area contributed by atoms with E-state index < -0.39 is 11.8 Å². The zero-order valence-electron chi connectivity index (χ0n) is 15.7. The Kier molecular flexibility index (Phi) is 6.40. The second-order valence-electron chi connectivity index (χ2n) is 5.82. The van der Waals surface area contributed by atoms with E-state index in [1.54, 1.807) is 42.5 Å². The number of para-hydroxylation sites is 1. The summed E-state index contributed by atoms with van der Waals surface area (Å²) in [6, 6.07) is 11.4.